The van der Waals surface area contributed by atoms with E-state index in [9.17, 15) is 0 Å². The molecule has 25 heavy (non-hydrogen) atoms. The van der Waals surface area contributed by atoms with Crippen molar-refractivity contribution < 1.29 is 4.74 Å². The standard InChI is InChI=1S/C18H26N6O/c1-10-7-14(8-11(2)25-10)24-18(15(12-3-4-12)13-5-6-13)21-17(23-24)16-19-9-20-22-16/h9-15H,3-8H2,1-2H3,(H,19,20,22). The third-order valence-corrected chi connectivity index (χ3v) is 5.86. The van der Waals surface area contributed by atoms with E-state index in [0.717, 1.165) is 24.7 Å². The number of ether oxygens (including phenoxy) is 1. The molecule has 0 spiro atoms. The lowest BCUT2D eigenvalue weighted by Crippen LogP contribution is -2.32. The van der Waals surface area contributed by atoms with Gasteiger partial charge in [-0.1, -0.05) is 0 Å². The van der Waals surface area contributed by atoms with Crippen molar-refractivity contribution in [1.29, 1.82) is 0 Å². The molecule has 134 valence electrons. The molecule has 0 aromatic carbocycles. The zero-order valence-corrected chi connectivity index (χ0v) is 14.9. The molecule has 2 unspecified atom stereocenters. The van der Waals surface area contributed by atoms with E-state index in [0.29, 0.717) is 23.6 Å². The van der Waals surface area contributed by atoms with Gasteiger partial charge in [0.2, 0.25) is 5.82 Å². The zero-order chi connectivity index (χ0) is 17.0. The number of H-pyrrole nitrogens is 1. The summed E-state index contributed by atoms with van der Waals surface area (Å²) in [5, 5.41) is 11.8. The van der Waals surface area contributed by atoms with Crippen LogP contribution in [0.2, 0.25) is 0 Å². The van der Waals surface area contributed by atoms with Gasteiger partial charge in [-0.2, -0.15) is 5.10 Å². The van der Waals surface area contributed by atoms with Crippen LogP contribution in [0.1, 0.15) is 70.2 Å². The van der Waals surface area contributed by atoms with Gasteiger partial charge in [0.05, 0.1) is 18.2 Å². The number of aromatic nitrogens is 6. The maximum Gasteiger partial charge on any atom is 0.218 e. The summed E-state index contributed by atoms with van der Waals surface area (Å²) < 4.78 is 8.18. The minimum Gasteiger partial charge on any atom is -0.375 e. The summed E-state index contributed by atoms with van der Waals surface area (Å²) in [5.74, 6) is 4.70. The van der Waals surface area contributed by atoms with Crippen LogP contribution in [0.25, 0.3) is 11.6 Å². The van der Waals surface area contributed by atoms with Gasteiger partial charge >= 0.3 is 0 Å². The number of nitrogens with zero attached hydrogens (tertiary/aromatic N) is 5. The molecule has 3 aliphatic rings. The van der Waals surface area contributed by atoms with Crippen LogP contribution < -0.4 is 0 Å². The molecule has 0 radical (unpaired) electrons. The second-order valence-corrected chi connectivity index (χ2v) is 8.16. The van der Waals surface area contributed by atoms with Gasteiger partial charge < -0.3 is 4.74 Å². The zero-order valence-electron chi connectivity index (χ0n) is 14.9. The second-order valence-electron chi connectivity index (χ2n) is 8.16. The minimum atomic E-state index is 0.264. The van der Waals surface area contributed by atoms with E-state index >= 15 is 0 Å². The van der Waals surface area contributed by atoms with Crippen molar-refractivity contribution in [3.8, 4) is 11.6 Å². The Kier molecular flexibility index (Phi) is 3.66. The number of aromatic amines is 1. The number of hydrogen-bond acceptors (Lipinski definition) is 5. The first-order valence-corrected chi connectivity index (χ1v) is 9.66. The first kappa shape index (κ1) is 15.5. The average Bonchev–Trinajstić information content (AvgIpc) is 3.48. The number of rotatable bonds is 5. The van der Waals surface area contributed by atoms with Crippen LogP contribution in [-0.4, -0.2) is 42.2 Å². The number of nitrogens with one attached hydrogen (secondary N) is 1. The molecule has 1 aliphatic heterocycles. The van der Waals surface area contributed by atoms with Gasteiger partial charge in [0.1, 0.15) is 12.2 Å². The molecule has 7 nitrogen and oxygen atoms in total. The predicted molar refractivity (Wildman–Crippen MR) is 91.9 cm³/mol. The second kappa shape index (κ2) is 5.90. The Morgan fingerprint density at radius 1 is 1.12 bits per heavy atom. The third-order valence-electron chi connectivity index (χ3n) is 5.86. The van der Waals surface area contributed by atoms with Crippen molar-refractivity contribution in [2.24, 2.45) is 11.8 Å². The SMILES string of the molecule is CC1CC(n2nc(-c3ncn[nH]3)nc2C(C2CC2)C2CC2)CC(C)O1. The van der Waals surface area contributed by atoms with Crippen molar-refractivity contribution in [2.45, 2.75) is 76.5 Å². The average molecular weight is 342 g/mol. The van der Waals surface area contributed by atoms with Gasteiger partial charge in [0.15, 0.2) is 5.82 Å². The molecular weight excluding hydrogens is 316 g/mol. The van der Waals surface area contributed by atoms with Crippen molar-refractivity contribution in [1.82, 2.24) is 29.9 Å². The topological polar surface area (TPSA) is 81.5 Å². The van der Waals surface area contributed by atoms with Crippen LogP contribution in [0.15, 0.2) is 6.33 Å². The summed E-state index contributed by atoms with van der Waals surface area (Å²) in [6, 6.07) is 0.359. The van der Waals surface area contributed by atoms with E-state index in [1.54, 1.807) is 0 Å². The Morgan fingerprint density at radius 3 is 2.36 bits per heavy atom. The summed E-state index contributed by atoms with van der Waals surface area (Å²) in [6.45, 7) is 4.33. The molecule has 2 aromatic heterocycles. The van der Waals surface area contributed by atoms with Crippen LogP contribution in [0.5, 0.6) is 0 Å². The van der Waals surface area contributed by atoms with Crippen molar-refractivity contribution >= 4 is 0 Å². The monoisotopic (exact) mass is 342 g/mol. The van der Waals surface area contributed by atoms with Crippen LogP contribution in [0.4, 0.5) is 0 Å². The summed E-state index contributed by atoms with van der Waals surface area (Å²) in [6.07, 6.45) is 9.40. The first-order valence-electron chi connectivity index (χ1n) is 9.66. The molecule has 0 bridgehead atoms. The highest BCUT2D eigenvalue weighted by Gasteiger charge is 2.46. The van der Waals surface area contributed by atoms with E-state index in [1.807, 2.05) is 0 Å². The maximum absolute atomic E-state index is 5.95. The molecular formula is C18H26N6O. The molecule has 2 aromatic rings. The Balaban J connectivity index is 1.55. The molecule has 0 amide bonds. The van der Waals surface area contributed by atoms with Crippen LogP contribution in [-0.2, 0) is 4.74 Å². The van der Waals surface area contributed by atoms with E-state index in [4.69, 9.17) is 14.8 Å². The van der Waals surface area contributed by atoms with Gasteiger partial charge in [-0.15, -0.1) is 5.10 Å². The lowest BCUT2D eigenvalue weighted by Gasteiger charge is -2.33. The molecule has 1 N–H and O–H groups in total. The van der Waals surface area contributed by atoms with E-state index < -0.39 is 0 Å². The summed E-state index contributed by atoms with van der Waals surface area (Å²) in [7, 11) is 0. The molecule has 2 atom stereocenters. The fourth-order valence-corrected chi connectivity index (χ4v) is 4.53. The van der Waals surface area contributed by atoms with Crippen molar-refractivity contribution in [3.63, 3.8) is 0 Å². The van der Waals surface area contributed by atoms with E-state index in [1.165, 1.54) is 37.8 Å². The van der Waals surface area contributed by atoms with E-state index in [2.05, 4.69) is 33.7 Å². The Morgan fingerprint density at radius 2 is 1.80 bits per heavy atom. The third kappa shape index (κ3) is 2.99. The molecule has 2 saturated carbocycles. The minimum absolute atomic E-state index is 0.264. The van der Waals surface area contributed by atoms with Gasteiger partial charge in [0, 0.05) is 5.92 Å². The highest BCUT2D eigenvalue weighted by molar-refractivity contribution is 5.41. The predicted octanol–water partition coefficient (Wildman–Crippen LogP) is 3.10. The molecule has 2 aliphatic carbocycles. The highest BCUT2D eigenvalue weighted by Crippen LogP contribution is 2.54. The summed E-state index contributed by atoms with van der Waals surface area (Å²) in [5.41, 5.74) is 0. The van der Waals surface area contributed by atoms with Crippen LogP contribution >= 0.6 is 0 Å². The van der Waals surface area contributed by atoms with Gasteiger partial charge in [0.25, 0.3) is 0 Å². The van der Waals surface area contributed by atoms with Gasteiger partial charge in [-0.3, -0.25) is 5.10 Å². The fourth-order valence-electron chi connectivity index (χ4n) is 4.53. The van der Waals surface area contributed by atoms with Gasteiger partial charge in [-0.05, 0) is 64.2 Å². The normalized spacial score (nSPS) is 30.1. The Hall–Kier alpha value is -1.76. The Bertz CT molecular complexity index is 711. The quantitative estimate of drug-likeness (QED) is 0.903. The highest BCUT2D eigenvalue weighted by atomic mass is 16.5. The molecule has 7 heteroatoms. The molecule has 5 rings (SSSR count). The fraction of sp³-hybridized carbons (Fsp3) is 0.778. The van der Waals surface area contributed by atoms with Crippen LogP contribution in [0, 0.1) is 11.8 Å². The first-order chi connectivity index (χ1) is 12.2. The molecule has 1 saturated heterocycles. The smallest absolute Gasteiger partial charge is 0.218 e. The molecule has 3 fully saturated rings. The van der Waals surface area contributed by atoms with Gasteiger partial charge in [-0.25, -0.2) is 14.6 Å². The lowest BCUT2D eigenvalue weighted by molar-refractivity contribution is -0.0513. The lowest BCUT2D eigenvalue weighted by atomic mass is 9.95. The largest absolute Gasteiger partial charge is 0.375 e. The summed E-state index contributed by atoms with van der Waals surface area (Å²) >= 11 is 0. The van der Waals surface area contributed by atoms with Crippen molar-refractivity contribution in [2.75, 3.05) is 0 Å². The Labute approximate surface area is 147 Å². The maximum atomic E-state index is 5.95. The van der Waals surface area contributed by atoms with Crippen LogP contribution in [0.3, 0.4) is 0 Å². The summed E-state index contributed by atoms with van der Waals surface area (Å²) in [4.78, 5) is 9.24. The van der Waals surface area contributed by atoms with E-state index in [-0.39, 0.29) is 12.2 Å². The molecule has 3 heterocycles. The van der Waals surface area contributed by atoms with Crippen molar-refractivity contribution in [3.05, 3.63) is 12.2 Å². The number of hydrogen-bond donors (Lipinski definition) is 1.